The second-order valence-corrected chi connectivity index (χ2v) is 5.04. The summed E-state index contributed by atoms with van der Waals surface area (Å²) in [6.45, 7) is 7.87. The SMILES string of the molecule is CCOCCC1(CNC2=NCC(C)N2)CC1. The molecular formula is C12H23N3O. The van der Waals surface area contributed by atoms with Gasteiger partial charge in [-0.15, -0.1) is 0 Å². The van der Waals surface area contributed by atoms with Gasteiger partial charge in [-0.05, 0) is 38.5 Å². The average Bonchev–Trinajstić information content (AvgIpc) is 2.92. The zero-order valence-electron chi connectivity index (χ0n) is 10.4. The lowest BCUT2D eigenvalue weighted by Gasteiger charge is -2.17. The van der Waals surface area contributed by atoms with E-state index in [1.54, 1.807) is 0 Å². The van der Waals surface area contributed by atoms with Gasteiger partial charge in [-0.25, -0.2) is 0 Å². The van der Waals surface area contributed by atoms with Crippen LogP contribution in [0.15, 0.2) is 4.99 Å². The highest BCUT2D eigenvalue weighted by atomic mass is 16.5. The molecule has 1 fully saturated rings. The Morgan fingerprint density at radius 2 is 2.38 bits per heavy atom. The molecule has 2 rings (SSSR count). The van der Waals surface area contributed by atoms with Crippen LogP contribution in [-0.4, -0.2) is 38.3 Å². The Morgan fingerprint density at radius 1 is 1.56 bits per heavy atom. The summed E-state index contributed by atoms with van der Waals surface area (Å²) < 4.78 is 5.42. The fraction of sp³-hybridized carbons (Fsp3) is 0.917. The molecule has 1 unspecified atom stereocenters. The van der Waals surface area contributed by atoms with Crippen LogP contribution in [0.25, 0.3) is 0 Å². The van der Waals surface area contributed by atoms with E-state index in [2.05, 4.69) is 29.5 Å². The van der Waals surface area contributed by atoms with Crippen LogP contribution >= 0.6 is 0 Å². The highest BCUT2D eigenvalue weighted by Crippen LogP contribution is 2.48. The molecule has 1 saturated carbocycles. The number of ether oxygens (including phenoxy) is 1. The fourth-order valence-electron chi connectivity index (χ4n) is 2.06. The van der Waals surface area contributed by atoms with Crippen molar-refractivity contribution in [2.45, 2.75) is 39.2 Å². The molecule has 0 saturated heterocycles. The van der Waals surface area contributed by atoms with Gasteiger partial charge in [0, 0.05) is 25.8 Å². The van der Waals surface area contributed by atoms with Gasteiger partial charge in [0.1, 0.15) is 0 Å². The molecule has 0 amide bonds. The van der Waals surface area contributed by atoms with Crippen LogP contribution in [0.2, 0.25) is 0 Å². The Hall–Kier alpha value is -0.770. The van der Waals surface area contributed by atoms with E-state index < -0.39 is 0 Å². The number of hydrogen-bond donors (Lipinski definition) is 2. The van der Waals surface area contributed by atoms with Gasteiger partial charge in [-0.1, -0.05) is 0 Å². The largest absolute Gasteiger partial charge is 0.382 e. The molecule has 2 N–H and O–H groups in total. The van der Waals surface area contributed by atoms with Crippen LogP contribution in [0.5, 0.6) is 0 Å². The molecule has 0 aromatic carbocycles. The molecule has 0 bridgehead atoms. The van der Waals surface area contributed by atoms with Crippen molar-refractivity contribution in [2.24, 2.45) is 10.4 Å². The first-order chi connectivity index (χ1) is 7.74. The van der Waals surface area contributed by atoms with Crippen molar-refractivity contribution in [3.63, 3.8) is 0 Å². The van der Waals surface area contributed by atoms with Crippen molar-refractivity contribution >= 4 is 5.96 Å². The molecule has 1 aliphatic carbocycles. The van der Waals surface area contributed by atoms with Crippen LogP contribution < -0.4 is 10.6 Å². The van der Waals surface area contributed by atoms with E-state index in [1.165, 1.54) is 19.3 Å². The smallest absolute Gasteiger partial charge is 0.191 e. The predicted octanol–water partition coefficient (Wildman–Crippen LogP) is 1.13. The van der Waals surface area contributed by atoms with E-state index in [0.29, 0.717) is 11.5 Å². The number of guanidine groups is 1. The summed E-state index contributed by atoms with van der Waals surface area (Å²) in [6.07, 6.45) is 3.84. The fourth-order valence-corrected chi connectivity index (χ4v) is 2.06. The number of hydrogen-bond acceptors (Lipinski definition) is 4. The lowest BCUT2D eigenvalue weighted by Crippen LogP contribution is -2.40. The van der Waals surface area contributed by atoms with Crippen LogP contribution in [0.1, 0.15) is 33.1 Å². The molecule has 0 spiro atoms. The van der Waals surface area contributed by atoms with Gasteiger partial charge in [-0.2, -0.15) is 0 Å². The number of nitrogens with one attached hydrogen (secondary N) is 2. The third kappa shape index (κ3) is 3.11. The summed E-state index contributed by atoms with van der Waals surface area (Å²) in [4.78, 5) is 4.41. The lowest BCUT2D eigenvalue weighted by atomic mass is 10.0. The summed E-state index contributed by atoms with van der Waals surface area (Å²) in [6, 6.07) is 0.487. The lowest BCUT2D eigenvalue weighted by molar-refractivity contribution is 0.128. The molecule has 0 aromatic heterocycles. The van der Waals surface area contributed by atoms with Gasteiger partial charge in [0.25, 0.3) is 0 Å². The highest BCUT2D eigenvalue weighted by molar-refractivity contribution is 5.81. The van der Waals surface area contributed by atoms with Crippen LogP contribution in [0.3, 0.4) is 0 Å². The summed E-state index contributed by atoms with van der Waals surface area (Å²) in [5, 5.41) is 6.75. The number of nitrogens with zero attached hydrogens (tertiary/aromatic N) is 1. The maximum Gasteiger partial charge on any atom is 0.191 e. The van der Waals surface area contributed by atoms with E-state index in [9.17, 15) is 0 Å². The van der Waals surface area contributed by atoms with Crippen molar-refractivity contribution < 1.29 is 4.74 Å². The third-order valence-electron chi connectivity index (χ3n) is 3.48. The first-order valence-electron chi connectivity index (χ1n) is 6.37. The Labute approximate surface area is 97.9 Å². The minimum atomic E-state index is 0.487. The maximum atomic E-state index is 5.42. The zero-order valence-corrected chi connectivity index (χ0v) is 10.4. The molecule has 0 radical (unpaired) electrons. The van der Waals surface area contributed by atoms with Crippen molar-refractivity contribution in [2.75, 3.05) is 26.3 Å². The molecule has 2 aliphatic rings. The van der Waals surface area contributed by atoms with Gasteiger partial charge < -0.3 is 15.4 Å². The van der Waals surface area contributed by atoms with Gasteiger partial charge in [0.15, 0.2) is 5.96 Å². The van der Waals surface area contributed by atoms with E-state index in [1.807, 2.05) is 0 Å². The third-order valence-corrected chi connectivity index (χ3v) is 3.48. The number of rotatable bonds is 6. The topological polar surface area (TPSA) is 45.6 Å². The van der Waals surface area contributed by atoms with Gasteiger partial charge in [-0.3, -0.25) is 4.99 Å². The molecule has 1 atom stereocenters. The summed E-state index contributed by atoms with van der Waals surface area (Å²) >= 11 is 0. The quantitative estimate of drug-likeness (QED) is 0.666. The van der Waals surface area contributed by atoms with Gasteiger partial charge in [0.2, 0.25) is 0 Å². The minimum absolute atomic E-state index is 0.487. The van der Waals surface area contributed by atoms with Crippen LogP contribution in [0, 0.1) is 5.41 Å². The predicted molar refractivity (Wildman–Crippen MR) is 65.7 cm³/mol. The standard InChI is InChI=1S/C12H23N3O/c1-3-16-7-6-12(4-5-12)9-14-11-13-8-10(2)15-11/h10H,3-9H2,1-2H3,(H2,13,14,15). The number of aliphatic imine (C=N–C) groups is 1. The second-order valence-electron chi connectivity index (χ2n) is 5.04. The van der Waals surface area contributed by atoms with E-state index in [0.717, 1.165) is 32.3 Å². The van der Waals surface area contributed by atoms with Crippen molar-refractivity contribution in [3.8, 4) is 0 Å². The molecule has 0 aromatic rings. The molecule has 16 heavy (non-hydrogen) atoms. The molecule has 4 heteroatoms. The monoisotopic (exact) mass is 225 g/mol. The second kappa shape index (κ2) is 5.04. The normalized spacial score (nSPS) is 26.1. The average molecular weight is 225 g/mol. The van der Waals surface area contributed by atoms with Crippen LogP contribution in [0.4, 0.5) is 0 Å². The maximum absolute atomic E-state index is 5.42. The van der Waals surface area contributed by atoms with Gasteiger partial charge >= 0.3 is 0 Å². The Bertz CT molecular complexity index is 261. The van der Waals surface area contributed by atoms with Crippen LogP contribution in [-0.2, 0) is 4.74 Å². The van der Waals surface area contributed by atoms with Crippen molar-refractivity contribution in [1.29, 1.82) is 0 Å². The molecule has 1 aliphatic heterocycles. The Balaban J connectivity index is 1.65. The summed E-state index contributed by atoms with van der Waals surface area (Å²) in [7, 11) is 0. The Kier molecular flexibility index (Phi) is 3.69. The van der Waals surface area contributed by atoms with E-state index >= 15 is 0 Å². The molecule has 4 nitrogen and oxygen atoms in total. The zero-order chi connectivity index (χ0) is 11.4. The van der Waals surface area contributed by atoms with Crippen molar-refractivity contribution in [1.82, 2.24) is 10.6 Å². The van der Waals surface area contributed by atoms with Crippen molar-refractivity contribution in [3.05, 3.63) is 0 Å². The molecule has 1 heterocycles. The molecular weight excluding hydrogens is 202 g/mol. The Morgan fingerprint density at radius 3 is 2.94 bits per heavy atom. The summed E-state index contributed by atoms with van der Waals surface area (Å²) in [5.74, 6) is 0.982. The van der Waals surface area contributed by atoms with E-state index in [4.69, 9.17) is 4.74 Å². The summed E-state index contributed by atoms with van der Waals surface area (Å²) in [5.41, 5.74) is 0.491. The highest BCUT2D eigenvalue weighted by Gasteiger charge is 2.42. The first-order valence-corrected chi connectivity index (χ1v) is 6.37. The van der Waals surface area contributed by atoms with Gasteiger partial charge in [0.05, 0.1) is 6.54 Å². The minimum Gasteiger partial charge on any atom is -0.382 e. The molecule has 92 valence electrons. The van der Waals surface area contributed by atoms with E-state index in [-0.39, 0.29) is 0 Å². The first kappa shape index (κ1) is 11.7.